The van der Waals surface area contributed by atoms with Crippen molar-refractivity contribution < 1.29 is 41.1 Å². The molecule has 0 atom stereocenters. The Morgan fingerprint density at radius 1 is 0.774 bits per heavy atom. The number of hydrogen-bond acceptors (Lipinski definition) is 10. The predicted molar refractivity (Wildman–Crippen MR) is 104 cm³/mol. The van der Waals surface area contributed by atoms with Crippen molar-refractivity contribution in [3.8, 4) is 11.5 Å². The molecule has 0 bridgehead atoms. The molecule has 4 N–H and O–H groups in total. The number of phenolic OH excluding ortho intramolecular Hbond substituents is 2. The predicted octanol–water partition coefficient (Wildman–Crippen LogP) is 3.07. The molecule has 0 aliphatic carbocycles. The summed E-state index contributed by atoms with van der Waals surface area (Å²) in [6.45, 7) is 0. The minimum Gasteiger partial charge on any atom is -0.505 e. The average molecular weight is 469 g/mol. The van der Waals surface area contributed by atoms with Crippen LogP contribution in [0.25, 0.3) is 10.8 Å². The lowest BCUT2D eigenvalue weighted by Gasteiger charge is -2.08. The topological polar surface area (TPSA) is 217 Å². The van der Waals surface area contributed by atoms with Gasteiger partial charge in [0.05, 0.1) is 4.92 Å². The molecule has 0 aliphatic rings. The first-order valence-electron chi connectivity index (χ1n) is 7.93. The lowest BCUT2D eigenvalue weighted by atomic mass is 10.1. The second-order valence-corrected chi connectivity index (χ2v) is 8.79. The molecule has 0 unspecified atom stereocenters. The summed E-state index contributed by atoms with van der Waals surface area (Å²) in [5.41, 5.74) is -2.16. The maximum Gasteiger partial charge on any atom is 0.298 e. The fourth-order valence-electron chi connectivity index (χ4n) is 2.67. The number of aromatic hydroxyl groups is 2. The Morgan fingerprint density at radius 3 is 1.81 bits per heavy atom. The number of non-ortho nitro benzene ring substituents is 1. The molecule has 15 heteroatoms. The van der Waals surface area contributed by atoms with Crippen LogP contribution < -0.4 is 0 Å². The van der Waals surface area contributed by atoms with Gasteiger partial charge in [0.15, 0.2) is 11.5 Å². The molecule has 0 saturated carbocycles. The number of nitro benzene ring substituents is 1. The van der Waals surface area contributed by atoms with E-state index in [0.717, 1.165) is 6.07 Å². The van der Waals surface area contributed by atoms with Gasteiger partial charge < -0.3 is 10.2 Å². The molecule has 31 heavy (non-hydrogen) atoms. The number of azo groups is 1. The van der Waals surface area contributed by atoms with Crippen LogP contribution in [0.15, 0.2) is 62.5 Å². The minimum absolute atomic E-state index is 0.0338. The van der Waals surface area contributed by atoms with Gasteiger partial charge in [0, 0.05) is 22.9 Å². The van der Waals surface area contributed by atoms with E-state index in [-0.39, 0.29) is 10.8 Å². The highest BCUT2D eigenvalue weighted by molar-refractivity contribution is 7.86. The molecule has 162 valence electrons. The van der Waals surface area contributed by atoms with Gasteiger partial charge in [0.25, 0.3) is 25.9 Å². The van der Waals surface area contributed by atoms with E-state index in [0.29, 0.717) is 12.1 Å². The van der Waals surface area contributed by atoms with E-state index >= 15 is 0 Å². The van der Waals surface area contributed by atoms with Crippen LogP contribution in [0.1, 0.15) is 0 Å². The number of hydrogen-bond donors (Lipinski definition) is 4. The standard InChI is InChI=1S/C16H11N3O10S2/c20-15-10-4-2-1-3-9(10)13(30(24,25)26)7-12(15)18-17-11-5-8(19(22)23)6-14(16(11)21)31(27,28)29/h1-7,20-21H,(H,24,25,26)(H,27,28,29). The molecular formula is C16H11N3O10S2. The van der Waals surface area contributed by atoms with Crippen LogP contribution in [0.4, 0.5) is 17.1 Å². The van der Waals surface area contributed by atoms with Gasteiger partial charge in [-0.1, -0.05) is 24.3 Å². The molecule has 0 amide bonds. The Labute approximate surface area is 173 Å². The highest BCUT2D eigenvalue weighted by Crippen LogP contribution is 2.42. The van der Waals surface area contributed by atoms with Crippen molar-refractivity contribution in [1.82, 2.24) is 0 Å². The third-order valence-corrected chi connectivity index (χ3v) is 5.79. The summed E-state index contributed by atoms with van der Waals surface area (Å²) in [5, 5.41) is 38.3. The SMILES string of the molecule is O=[N+]([O-])c1cc(N=Nc2cc(S(=O)(=O)O)c3ccccc3c2O)c(O)c(S(=O)(=O)O)c1. The lowest BCUT2D eigenvalue weighted by Crippen LogP contribution is -2.00. The van der Waals surface area contributed by atoms with Crippen LogP contribution in [0, 0.1) is 10.1 Å². The summed E-state index contributed by atoms with van der Waals surface area (Å²) >= 11 is 0. The van der Waals surface area contributed by atoms with Crippen molar-refractivity contribution >= 4 is 48.1 Å². The molecule has 0 spiro atoms. The quantitative estimate of drug-likeness (QED) is 0.185. The van der Waals surface area contributed by atoms with Crippen molar-refractivity contribution in [2.75, 3.05) is 0 Å². The molecular weight excluding hydrogens is 458 g/mol. The number of nitrogens with zero attached hydrogens (tertiary/aromatic N) is 3. The van der Waals surface area contributed by atoms with E-state index < -0.39 is 63.5 Å². The Balaban J connectivity index is 2.27. The first kappa shape index (κ1) is 22.0. The number of benzene rings is 3. The highest BCUT2D eigenvalue weighted by Gasteiger charge is 2.25. The van der Waals surface area contributed by atoms with Crippen LogP contribution in [0.5, 0.6) is 11.5 Å². The van der Waals surface area contributed by atoms with Gasteiger partial charge in [-0.3, -0.25) is 19.2 Å². The van der Waals surface area contributed by atoms with Gasteiger partial charge in [-0.25, -0.2) is 0 Å². The molecule has 3 aromatic carbocycles. The Bertz CT molecular complexity index is 1480. The molecule has 0 radical (unpaired) electrons. The molecule has 13 nitrogen and oxygen atoms in total. The Kier molecular flexibility index (Phi) is 5.36. The molecule has 0 fully saturated rings. The number of rotatable bonds is 5. The van der Waals surface area contributed by atoms with E-state index in [9.17, 15) is 41.7 Å². The van der Waals surface area contributed by atoms with E-state index in [1.54, 1.807) is 0 Å². The van der Waals surface area contributed by atoms with Gasteiger partial charge in [-0.15, -0.1) is 10.2 Å². The van der Waals surface area contributed by atoms with E-state index in [1.807, 2.05) is 0 Å². The first-order valence-corrected chi connectivity index (χ1v) is 10.8. The van der Waals surface area contributed by atoms with Crippen molar-refractivity contribution in [2.24, 2.45) is 10.2 Å². The smallest absolute Gasteiger partial charge is 0.298 e. The highest BCUT2D eigenvalue weighted by atomic mass is 32.2. The second kappa shape index (κ2) is 7.55. The van der Waals surface area contributed by atoms with Crippen molar-refractivity contribution in [2.45, 2.75) is 9.79 Å². The number of fused-ring (bicyclic) bond motifs is 1. The summed E-state index contributed by atoms with van der Waals surface area (Å²) in [6.07, 6.45) is 0. The summed E-state index contributed by atoms with van der Waals surface area (Å²) in [4.78, 5) is 8.16. The maximum absolute atomic E-state index is 11.7. The zero-order valence-electron chi connectivity index (χ0n) is 14.9. The van der Waals surface area contributed by atoms with Gasteiger partial charge in [0.2, 0.25) is 0 Å². The monoisotopic (exact) mass is 469 g/mol. The van der Waals surface area contributed by atoms with Crippen LogP contribution in [-0.2, 0) is 20.2 Å². The number of nitro groups is 1. The summed E-state index contributed by atoms with van der Waals surface area (Å²) in [6, 6.07) is 7.33. The second-order valence-electron chi connectivity index (χ2n) is 6.01. The van der Waals surface area contributed by atoms with E-state index in [4.69, 9.17) is 4.55 Å². The Hall–Kier alpha value is -3.66. The summed E-state index contributed by atoms with van der Waals surface area (Å²) in [5.74, 6) is -1.75. The molecule has 0 saturated heterocycles. The van der Waals surface area contributed by atoms with Crippen molar-refractivity contribution in [3.05, 3.63) is 52.6 Å². The number of phenols is 2. The van der Waals surface area contributed by atoms with Gasteiger partial charge in [-0.2, -0.15) is 16.8 Å². The normalized spacial score (nSPS) is 12.5. The summed E-state index contributed by atoms with van der Waals surface area (Å²) < 4.78 is 64.8. The maximum atomic E-state index is 11.7. The molecule has 3 aromatic rings. The van der Waals surface area contributed by atoms with Crippen LogP contribution in [0.3, 0.4) is 0 Å². The van der Waals surface area contributed by atoms with E-state index in [2.05, 4.69) is 10.2 Å². The fourth-order valence-corrected chi connectivity index (χ4v) is 4.00. The van der Waals surface area contributed by atoms with Crippen molar-refractivity contribution in [1.29, 1.82) is 0 Å². The molecule has 3 rings (SSSR count). The molecule has 0 heterocycles. The fraction of sp³-hybridized carbons (Fsp3) is 0. The van der Waals surface area contributed by atoms with Gasteiger partial charge in [0.1, 0.15) is 21.2 Å². The van der Waals surface area contributed by atoms with Crippen LogP contribution in [0.2, 0.25) is 0 Å². The van der Waals surface area contributed by atoms with Gasteiger partial charge in [-0.05, 0) is 6.07 Å². The zero-order chi connectivity index (χ0) is 23.1. The van der Waals surface area contributed by atoms with Crippen molar-refractivity contribution in [3.63, 3.8) is 0 Å². The summed E-state index contributed by atoms with van der Waals surface area (Å²) in [7, 11) is -9.84. The van der Waals surface area contributed by atoms with Gasteiger partial charge >= 0.3 is 0 Å². The third-order valence-electron chi connectivity index (χ3n) is 4.03. The molecule has 0 aromatic heterocycles. The average Bonchev–Trinajstić information content (AvgIpc) is 2.66. The van der Waals surface area contributed by atoms with Crippen LogP contribution >= 0.6 is 0 Å². The lowest BCUT2D eigenvalue weighted by molar-refractivity contribution is -0.385. The minimum atomic E-state index is -5.08. The zero-order valence-corrected chi connectivity index (χ0v) is 16.6. The first-order chi connectivity index (χ1) is 14.3. The van der Waals surface area contributed by atoms with E-state index in [1.165, 1.54) is 24.3 Å². The van der Waals surface area contributed by atoms with Crippen LogP contribution in [-0.4, -0.2) is 41.1 Å². The third kappa shape index (κ3) is 4.29. The largest absolute Gasteiger partial charge is 0.505 e. The Morgan fingerprint density at radius 2 is 1.29 bits per heavy atom. The molecule has 0 aliphatic heterocycles.